The normalized spacial score (nSPS) is 30.5. The Morgan fingerprint density at radius 3 is 2.72 bits per heavy atom. The SMILES string of the molecule is CSCC(C)CN1CC2(CCCCC2)NCC1C. The second kappa shape index (κ2) is 6.62. The van der Waals surface area contributed by atoms with Gasteiger partial charge in [-0.25, -0.2) is 0 Å². The fourth-order valence-corrected chi connectivity index (χ4v) is 4.31. The highest BCUT2D eigenvalue weighted by Crippen LogP contribution is 2.32. The summed E-state index contributed by atoms with van der Waals surface area (Å²) in [4.78, 5) is 2.75. The zero-order chi connectivity index (χ0) is 13.0. The van der Waals surface area contributed by atoms with Crippen molar-refractivity contribution in [3.63, 3.8) is 0 Å². The van der Waals surface area contributed by atoms with Crippen LogP contribution in [0.4, 0.5) is 0 Å². The van der Waals surface area contributed by atoms with Crippen LogP contribution in [0.3, 0.4) is 0 Å². The van der Waals surface area contributed by atoms with Crippen molar-refractivity contribution in [1.29, 1.82) is 0 Å². The number of hydrogen-bond acceptors (Lipinski definition) is 3. The number of hydrogen-bond donors (Lipinski definition) is 1. The molecule has 1 heterocycles. The zero-order valence-corrected chi connectivity index (χ0v) is 13.2. The van der Waals surface area contributed by atoms with Gasteiger partial charge in [-0.1, -0.05) is 26.2 Å². The van der Waals surface area contributed by atoms with E-state index in [9.17, 15) is 0 Å². The van der Waals surface area contributed by atoms with E-state index in [4.69, 9.17) is 0 Å². The minimum absolute atomic E-state index is 0.462. The van der Waals surface area contributed by atoms with E-state index in [0.29, 0.717) is 11.6 Å². The predicted octanol–water partition coefficient (Wildman–Crippen LogP) is 2.98. The molecule has 1 spiro atoms. The lowest BCUT2D eigenvalue weighted by atomic mass is 9.79. The van der Waals surface area contributed by atoms with Gasteiger partial charge in [0.15, 0.2) is 0 Å². The van der Waals surface area contributed by atoms with E-state index in [2.05, 4.69) is 30.3 Å². The molecule has 0 bridgehead atoms. The van der Waals surface area contributed by atoms with Crippen LogP contribution in [0.15, 0.2) is 0 Å². The first-order valence-corrected chi connectivity index (χ1v) is 9.03. The number of rotatable bonds is 4. The molecule has 0 radical (unpaired) electrons. The lowest BCUT2D eigenvalue weighted by Crippen LogP contribution is -2.64. The van der Waals surface area contributed by atoms with Crippen molar-refractivity contribution in [1.82, 2.24) is 10.2 Å². The highest BCUT2D eigenvalue weighted by Gasteiger charge is 2.38. The standard InChI is InChI=1S/C15H30N2S/c1-13(11-18-3)10-17-12-15(16-9-14(17)2)7-5-4-6-8-15/h13-14,16H,4-12H2,1-3H3. The molecule has 2 rings (SSSR count). The monoisotopic (exact) mass is 270 g/mol. The van der Waals surface area contributed by atoms with Gasteiger partial charge in [-0.3, -0.25) is 4.90 Å². The van der Waals surface area contributed by atoms with E-state index in [1.54, 1.807) is 0 Å². The van der Waals surface area contributed by atoms with Gasteiger partial charge in [-0.2, -0.15) is 11.8 Å². The van der Waals surface area contributed by atoms with Crippen molar-refractivity contribution in [2.75, 3.05) is 31.6 Å². The summed E-state index contributed by atoms with van der Waals surface area (Å²) in [7, 11) is 0. The van der Waals surface area contributed by atoms with Crippen molar-refractivity contribution >= 4 is 11.8 Å². The second-order valence-corrected chi connectivity index (χ2v) is 7.47. The smallest absolute Gasteiger partial charge is 0.0309 e. The van der Waals surface area contributed by atoms with Gasteiger partial charge in [0.05, 0.1) is 0 Å². The molecule has 1 aliphatic carbocycles. The van der Waals surface area contributed by atoms with Crippen LogP contribution in [0.1, 0.15) is 46.0 Å². The molecule has 0 aromatic rings. The van der Waals surface area contributed by atoms with Crippen molar-refractivity contribution in [3.05, 3.63) is 0 Å². The molecule has 2 nitrogen and oxygen atoms in total. The Morgan fingerprint density at radius 1 is 1.33 bits per heavy atom. The topological polar surface area (TPSA) is 15.3 Å². The molecular weight excluding hydrogens is 240 g/mol. The van der Waals surface area contributed by atoms with Crippen LogP contribution in [0.2, 0.25) is 0 Å². The van der Waals surface area contributed by atoms with Crippen LogP contribution in [0, 0.1) is 5.92 Å². The van der Waals surface area contributed by atoms with Gasteiger partial charge in [0.25, 0.3) is 0 Å². The Hall–Kier alpha value is 0.270. The quantitative estimate of drug-likeness (QED) is 0.845. The summed E-state index contributed by atoms with van der Waals surface area (Å²) in [5.41, 5.74) is 0.462. The summed E-state index contributed by atoms with van der Waals surface area (Å²) in [5, 5.41) is 3.87. The average Bonchev–Trinajstić information content (AvgIpc) is 2.36. The predicted molar refractivity (Wildman–Crippen MR) is 82.4 cm³/mol. The molecule has 1 saturated carbocycles. The molecule has 2 unspecified atom stereocenters. The maximum atomic E-state index is 3.87. The molecule has 3 heteroatoms. The van der Waals surface area contributed by atoms with Gasteiger partial charge in [0, 0.05) is 31.2 Å². The molecule has 0 amide bonds. The number of piperazine rings is 1. The molecule has 2 aliphatic rings. The van der Waals surface area contributed by atoms with Crippen molar-refractivity contribution in [2.45, 2.75) is 57.5 Å². The van der Waals surface area contributed by atoms with Crippen molar-refractivity contribution in [3.8, 4) is 0 Å². The van der Waals surface area contributed by atoms with Gasteiger partial charge in [-0.15, -0.1) is 0 Å². The van der Waals surface area contributed by atoms with E-state index >= 15 is 0 Å². The minimum Gasteiger partial charge on any atom is -0.308 e. The Kier molecular flexibility index (Phi) is 5.40. The van der Waals surface area contributed by atoms with E-state index in [-0.39, 0.29) is 0 Å². The first-order chi connectivity index (χ1) is 8.65. The van der Waals surface area contributed by atoms with E-state index < -0.39 is 0 Å². The molecular formula is C15H30N2S. The van der Waals surface area contributed by atoms with Crippen LogP contribution in [-0.2, 0) is 0 Å². The van der Waals surface area contributed by atoms with Crippen molar-refractivity contribution in [2.24, 2.45) is 5.92 Å². The summed E-state index contributed by atoms with van der Waals surface area (Å²) in [6.07, 6.45) is 9.31. The third kappa shape index (κ3) is 3.64. The Morgan fingerprint density at radius 2 is 2.06 bits per heavy atom. The number of nitrogens with one attached hydrogen (secondary N) is 1. The molecule has 1 N–H and O–H groups in total. The molecule has 106 valence electrons. The molecule has 0 aromatic heterocycles. The largest absolute Gasteiger partial charge is 0.308 e. The maximum Gasteiger partial charge on any atom is 0.0309 e. The van der Waals surface area contributed by atoms with Crippen LogP contribution in [0.25, 0.3) is 0 Å². The van der Waals surface area contributed by atoms with Gasteiger partial charge >= 0.3 is 0 Å². The summed E-state index contributed by atoms with van der Waals surface area (Å²) < 4.78 is 0. The number of nitrogens with zero attached hydrogens (tertiary/aromatic N) is 1. The third-order valence-electron chi connectivity index (χ3n) is 4.71. The van der Waals surface area contributed by atoms with Gasteiger partial charge in [0.2, 0.25) is 0 Å². The zero-order valence-electron chi connectivity index (χ0n) is 12.4. The lowest BCUT2D eigenvalue weighted by Gasteiger charge is -2.49. The fourth-order valence-electron chi connectivity index (χ4n) is 3.64. The molecule has 1 aliphatic heterocycles. The molecule has 18 heavy (non-hydrogen) atoms. The molecule has 2 atom stereocenters. The lowest BCUT2D eigenvalue weighted by molar-refractivity contribution is 0.0551. The first-order valence-electron chi connectivity index (χ1n) is 7.63. The summed E-state index contributed by atoms with van der Waals surface area (Å²) in [5.74, 6) is 2.12. The molecule has 1 saturated heterocycles. The van der Waals surface area contributed by atoms with Crippen LogP contribution >= 0.6 is 11.8 Å². The molecule has 0 aromatic carbocycles. The van der Waals surface area contributed by atoms with Crippen LogP contribution < -0.4 is 5.32 Å². The van der Waals surface area contributed by atoms with E-state index in [1.165, 1.54) is 57.5 Å². The highest BCUT2D eigenvalue weighted by atomic mass is 32.2. The van der Waals surface area contributed by atoms with Crippen molar-refractivity contribution < 1.29 is 0 Å². The van der Waals surface area contributed by atoms with Crippen LogP contribution in [0.5, 0.6) is 0 Å². The highest BCUT2D eigenvalue weighted by molar-refractivity contribution is 7.98. The third-order valence-corrected chi connectivity index (χ3v) is 5.61. The van der Waals surface area contributed by atoms with E-state index in [1.807, 2.05) is 11.8 Å². The summed E-state index contributed by atoms with van der Waals surface area (Å²) in [6, 6.07) is 0.710. The molecule has 2 fully saturated rings. The Balaban J connectivity index is 1.91. The van der Waals surface area contributed by atoms with Crippen LogP contribution in [-0.4, -0.2) is 48.1 Å². The van der Waals surface area contributed by atoms with Gasteiger partial charge in [0.1, 0.15) is 0 Å². The fraction of sp³-hybridized carbons (Fsp3) is 1.00. The van der Waals surface area contributed by atoms with E-state index in [0.717, 1.165) is 5.92 Å². The van der Waals surface area contributed by atoms with Gasteiger partial charge in [-0.05, 0) is 37.7 Å². The Bertz CT molecular complexity index is 251. The minimum atomic E-state index is 0.462. The average molecular weight is 270 g/mol. The first kappa shape index (κ1) is 14.7. The summed E-state index contributed by atoms with van der Waals surface area (Å²) >= 11 is 1.98. The number of thioether (sulfide) groups is 1. The summed E-state index contributed by atoms with van der Waals surface area (Å²) in [6.45, 7) is 8.54. The van der Waals surface area contributed by atoms with Gasteiger partial charge < -0.3 is 5.32 Å². The maximum absolute atomic E-state index is 3.87. The second-order valence-electron chi connectivity index (χ2n) is 6.56. The Labute approximate surface area is 117 Å².